The number of hydrogen-bond donors (Lipinski definition) is 2. The minimum Gasteiger partial charge on any atom is -0.497 e. The molecular weight excluding hydrogens is 337 g/mol. The Kier molecular flexibility index (Phi) is 8.90. The van der Waals surface area contributed by atoms with E-state index in [-0.39, 0.29) is 36.8 Å². The van der Waals surface area contributed by atoms with Gasteiger partial charge in [0.05, 0.1) is 18.2 Å². The number of fused-ring (bicyclic) bond motifs is 1. The van der Waals surface area contributed by atoms with Crippen LogP contribution in [0.5, 0.6) is 5.75 Å². The fourth-order valence-electron chi connectivity index (χ4n) is 2.10. The first-order valence-corrected chi connectivity index (χ1v) is 6.96. The molecule has 1 aromatic heterocycles. The highest BCUT2D eigenvalue weighted by Crippen LogP contribution is 2.23. The van der Waals surface area contributed by atoms with Crippen LogP contribution >= 0.6 is 24.8 Å². The standard InChI is InChI=1S/C16H21N3O2.2ClH/c1-10-7-14(16(20)18-9-11(2)17-3)13-8-12(21-4)5-6-15(13)19-10;;/h5-8,11,17H,9H2,1-4H3,(H,18,20);2*1H. The lowest BCUT2D eigenvalue weighted by atomic mass is 10.1. The van der Waals surface area contributed by atoms with Gasteiger partial charge in [0.1, 0.15) is 5.75 Å². The van der Waals surface area contributed by atoms with Crippen LogP contribution in [0.3, 0.4) is 0 Å². The summed E-state index contributed by atoms with van der Waals surface area (Å²) in [4.78, 5) is 16.9. The molecule has 7 heteroatoms. The lowest BCUT2D eigenvalue weighted by molar-refractivity contribution is 0.0952. The SMILES string of the molecule is CNC(C)CNC(=O)c1cc(C)nc2ccc(OC)cc12.Cl.Cl. The topological polar surface area (TPSA) is 63.2 Å². The van der Waals surface area contributed by atoms with Crippen LogP contribution < -0.4 is 15.4 Å². The highest BCUT2D eigenvalue weighted by molar-refractivity contribution is 6.06. The third-order valence-electron chi connectivity index (χ3n) is 3.45. The van der Waals surface area contributed by atoms with Gasteiger partial charge in [-0.25, -0.2) is 0 Å². The first-order chi connectivity index (χ1) is 10.0. The number of nitrogens with one attached hydrogen (secondary N) is 2. The van der Waals surface area contributed by atoms with Crippen molar-refractivity contribution in [2.45, 2.75) is 19.9 Å². The van der Waals surface area contributed by atoms with Gasteiger partial charge < -0.3 is 15.4 Å². The van der Waals surface area contributed by atoms with Gasteiger partial charge in [0.15, 0.2) is 0 Å². The van der Waals surface area contributed by atoms with Crippen molar-refractivity contribution < 1.29 is 9.53 Å². The molecule has 0 aliphatic carbocycles. The molecule has 0 aliphatic heterocycles. The molecular formula is C16H23Cl2N3O2. The predicted molar refractivity (Wildman–Crippen MR) is 98.4 cm³/mol. The number of methoxy groups -OCH3 is 1. The van der Waals surface area contributed by atoms with Gasteiger partial charge in [-0.15, -0.1) is 24.8 Å². The summed E-state index contributed by atoms with van der Waals surface area (Å²) in [5, 5.41) is 6.83. The Morgan fingerprint density at radius 2 is 2.00 bits per heavy atom. The van der Waals surface area contributed by atoms with Crippen molar-refractivity contribution in [1.82, 2.24) is 15.6 Å². The van der Waals surface area contributed by atoms with Gasteiger partial charge in [0.2, 0.25) is 0 Å². The van der Waals surface area contributed by atoms with E-state index in [0.29, 0.717) is 17.9 Å². The number of carbonyl (C=O) groups excluding carboxylic acids is 1. The van der Waals surface area contributed by atoms with Gasteiger partial charge in [-0.1, -0.05) is 0 Å². The number of aryl methyl sites for hydroxylation is 1. The highest BCUT2D eigenvalue weighted by Gasteiger charge is 2.13. The van der Waals surface area contributed by atoms with E-state index in [1.54, 1.807) is 13.2 Å². The Bertz CT molecular complexity index is 665. The second-order valence-corrected chi connectivity index (χ2v) is 5.09. The summed E-state index contributed by atoms with van der Waals surface area (Å²) in [5.74, 6) is 0.617. The van der Waals surface area contributed by atoms with Crippen LogP contribution in [-0.4, -0.2) is 37.6 Å². The second-order valence-electron chi connectivity index (χ2n) is 5.09. The number of pyridine rings is 1. The number of ether oxygens (including phenoxy) is 1. The average molecular weight is 360 g/mol. The summed E-state index contributed by atoms with van der Waals surface area (Å²) in [6.45, 7) is 4.47. The maximum absolute atomic E-state index is 12.4. The van der Waals surface area contributed by atoms with E-state index in [2.05, 4.69) is 15.6 Å². The van der Waals surface area contributed by atoms with E-state index in [0.717, 1.165) is 16.6 Å². The van der Waals surface area contributed by atoms with Crippen LogP contribution in [0.4, 0.5) is 0 Å². The molecule has 5 nitrogen and oxygen atoms in total. The zero-order chi connectivity index (χ0) is 15.4. The second kappa shape index (κ2) is 9.55. The van der Waals surface area contributed by atoms with Gasteiger partial charge in [0, 0.05) is 23.7 Å². The number of benzene rings is 1. The zero-order valence-electron chi connectivity index (χ0n) is 13.7. The van der Waals surface area contributed by atoms with Gasteiger partial charge in [-0.3, -0.25) is 9.78 Å². The zero-order valence-corrected chi connectivity index (χ0v) is 15.3. The summed E-state index contributed by atoms with van der Waals surface area (Å²) < 4.78 is 5.23. The molecule has 2 N–H and O–H groups in total. The number of likely N-dealkylation sites (N-methyl/N-ethyl adjacent to an activating group) is 1. The number of hydrogen-bond acceptors (Lipinski definition) is 4. The molecule has 2 aromatic rings. The van der Waals surface area contributed by atoms with Crippen LogP contribution in [0, 0.1) is 6.92 Å². The molecule has 0 radical (unpaired) electrons. The molecule has 23 heavy (non-hydrogen) atoms. The molecule has 0 saturated heterocycles. The summed E-state index contributed by atoms with van der Waals surface area (Å²) in [6.07, 6.45) is 0. The van der Waals surface area contributed by atoms with Gasteiger partial charge >= 0.3 is 0 Å². The fourth-order valence-corrected chi connectivity index (χ4v) is 2.10. The smallest absolute Gasteiger partial charge is 0.252 e. The number of nitrogens with zero attached hydrogens (tertiary/aromatic N) is 1. The van der Waals surface area contributed by atoms with Crippen molar-refractivity contribution >= 4 is 41.6 Å². The molecule has 128 valence electrons. The summed E-state index contributed by atoms with van der Waals surface area (Å²) >= 11 is 0. The molecule has 0 fully saturated rings. The molecule has 2 rings (SSSR count). The Labute approximate surface area is 149 Å². The first kappa shape index (κ1) is 21.4. The van der Waals surface area contributed by atoms with Crippen molar-refractivity contribution in [3.05, 3.63) is 35.5 Å². The van der Waals surface area contributed by atoms with Gasteiger partial charge in [-0.05, 0) is 45.2 Å². The van der Waals surface area contributed by atoms with E-state index < -0.39 is 0 Å². The van der Waals surface area contributed by atoms with E-state index in [1.165, 1.54) is 0 Å². The molecule has 0 saturated carbocycles. The molecule has 0 aliphatic rings. The van der Waals surface area contributed by atoms with Crippen molar-refractivity contribution in [1.29, 1.82) is 0 Å². The van der Waals surface area contributed by atoms with Crippen molar-refractivity contribution in [2.24, 2.45) is 0 Å². The molecule has 1 amide bonds. The van der Waals surface area contributed by atoms with Gasteiger partial charge in [-0.2, -0.15) is 0 Å². The number of amides is 1. The lowest BCUT2D eigenvalue weighted by Crippen LogP contribution is -2.37. The van der Waals surface area contributed by atoms with E-state index in [9.17, 15) is 4.79 Å². The summed E-state index contributed by atoms with van der Waals surface area (Å²) in [6, 6.07) is 7.59. The van der Waals surface area contributed by atoms with Crippen LogP contribution in [0.1, 0.15) is 23.0 Å². The number of halogens is 2. The monoisotopic (exact) mass is 359 g/mol. The lowest BCUT2D eigenvalue weighted by Gasteiger charge is -2.13. The average Bonchev–Trinajstić information content (AvgIpc) is 2.50. The maximum atomic E-state index is 12.4. The van der Waals surface area contributed by atoms with Crippen LogP contribution in [0.15, 0.2) is 24.3 Å². The minimum absolute atomic E-state index is 0. The quantitative estimate of drug-likeness (QED) is 0.861. The van der Waals surface area contributed by atoms with Crippen LogP contribution in [0.2, 0.25) is 0 Å². The van der Waals surface area contributed by atoms with Gasteiger partial charge in [0.25, 0.3) is 5.91 Å². The number of aromatic nitrogens is 1. The van der Waals surface area contributed by atoms with E-state index in [1.807, 2.05) is 39.1 Å². The maximum Gasteiger partial charge on any atom is 0.252 e. The molecule has 0 bridgehead atoms. The van der Waals surface area contributed by atoms with Crippen molar-refractivity contribution in [3.8, 4) is 5.75 Å². The summed E-state index contributed by atoms with van der Waals surface area (Å²) in [7, 11) is 3.48. The van der Waals surface area contributed by atoms with E-state index in [4.69, 9.17) is 4.74 Å². The molecule has 1 aromatic carbocycles. The normalized spacial score (nSPS) is 11.1. The van der Waals surface area contributed by atoms with Crippen LogP contribution in [-0.2, 0) is 0 Å². The Balaban J connectivity index is 0.00000242. The fraction of sp³-hybridized carbons (Fsp3) is 0.375. The van der Waals surface area contributed by atoms with Crippen molar-refractivity contribution in [3.63, 3.8) is 0 Å². The Hall–Kier alpha value is -1.56. The van der Waals surface area contributed by atoms with E-state index >= 15 is 0 Å². The highest BCUT2D eigenvalue weighted by atomic mass is 35.5. The number of carbonyl (C=O) groups is 1. The van der Waals surface area contributed by atoms with Crippen LogP contribution in [0.25, 0.3) is 10.9 Å². The molecule has 1 heterocycles. The minimum atomic E-state index is -0.0964. The predicted octanol–water partition coefficient (Wildman–Crippen LogP) is 2.73. The third kappa shape index (κ3) is 5.23. The first-order valence-electron chi connectivity index (χ1n) is 6.96. The molecule has 1 unspecified atom stereocenters. The third-order valence-corrected chi connectivity index (χ3v) is 3.45. The molecule has 1 atom stereocenters. The van der Waals surface area contributed by atoms with Crippen molar-refractivity contribution in [2.75, 3.05) is 20.7 Å². The Morgan fingerprint density at radius 3 is 2.61 bits per heavy atom. The number of rotatable bonds is 5. The summed E-state index contributed by atoms with van der Waals surface area (Å²) in [5.41, 5.74) is 2.24. The largest absolute Gasteiger partial charge is 0.497 e. The Morgan fingerprint density at radius 1 is 1.30 bits per heavy atom. The molecule has 0 spiro atoms.